The molecule has 0 radical (unpaired) electrons. The highest BCUT2D eigenvalue weighted by Gasteiger charge is 2.38. The van der Waals surface area contributed by atoms with Crippen LogP contribution >= 0.6 is 0 Å². The molecule has 0 bridgehead atoms. The van der Waals surface area contributed by atoms with Gasteiger partial charge in [0.15, 0.2) is 5.78 Å². The molecule has 4 nitrogen and oxygen atoms in total. The van der Waals surface area contributed by atoms with Crippen LogP contribution in [0, 0.1) is 0 Å². The zero-order chi connectivity index (χ0) is 15.5. The first-order valence-electron chi connectivity index (χ1n) is 7.64. The molecule has 0 heterocycles. The molecular weight excluding hydrogens is 264 g/mol. The minimum absolute atomic E-state index is 0.0518. The van der Waals surface area contributed by atoms with Crippen LogP contribution < -0.4 is 11.1 Å². The van der Waals surface area contributed by atoms with Crippen molar-refractivity contribution in [3.63, 3.8) is 0 Å². The molecule has 1 amide bonds. The van der Waals surface area contributed by atoms with Gasteiger partial charge in [0.2, 0.25) is 0 Å². The van der Waals surface area contributed by atoms with Crippen LogP contribution in [0.15, 0.2) is 24.3 Å². The van der Waals surface area contributed by atoms with Gasteiger partial charge in [0, 0.05) is 11.6 Å². The van der Waals surface area contributed by atoms with Crippen molar-refractivity contribution >= 4 is 11.7 Å². The largest absolute Gasteiger partial charge is 0.340 e. The van der Waals surface area contributed by atoms with Crippen molar-refractivity contribution in [3.8, 4) is 0 Å². The molecule has 1 unspecified atom stereocenters. The van der Waals surface area contributed by atoms with Gasteiger partial charge in [0.05, 0.1) is 5.54 Å². The van der Waals surface area contributed by atoms with Gasteiger partial charge in [0.1, 0.15) is 0 Å². The van der Waals surface area contributed by atoms with E-state index >= 15 is 0 Å². The van der Waals surface area contributed by atoms with Crippen LogP contribution in [0.3, 0.4) is 0 Å². The third-order valence-corrected chi connectivity index (χ3v) is 4.43. The molecule has 0 saturated heterocycles. The topological polar surface area (TPSA) is 72.2 Å². The summed E-state index contributed by atoms with van der Waals surface area (Å²) in [5.41, 5.74) is 6.70. The predicted molar refractivity (Wildman–Crippen MR) is 83.0 cm³/mol. The number of nitrogens with two attached hydrogens (primary N) is 1. The molecule has 1 fully saturated rings. The zero-order valence-electron chi connectivity index (χ0n) is 12.8. The maximum Gasteiger partial charge on any atom is 0.252 e. The molecule has 1 aromatic carbocycles. The molecular formula is C17H24N2O2. The van der Waals surface area contributed by atoms with Gasteiger partial charge >= 0.3 is 0 Å². The van der Waals surface area contributed by atoms with Gasteiger partial charge in [-0.2, -0.15) is 0 Å². The van der Waals surface area contributed by atoms with Crippen LogP contribution in [0.4, 0.5) is 0 Å². The van der Waals surface area contributed by atoms with Crippen molar-refractivity contribution < 1.29 is 9.59 Å². The fraction of sp³-hybridized carbons (Fsp3) is 0.529. The van der Waals surface area contributed by atoms with Crippen molar-refractivity contribution in [2.75, 3.05) is 0 Å². The Labute approximate surface area is 126 Å². The van der Waals surface area contributed by atoms with E-state index in [0.29, 0.717) is 5.56 Å². The number of hydrogen-bond donors (Lipinski definition) is 2. The molecule has 1 atom stereocenters. The molecule has 0 aliphatic heterocycles. The first-order chi connectivity index (χ1) is 9.94. The second-order valence-electron chi connectivity index (χ2n) is 6.06. The van der Waals surface area contributed by atoms with Crippen molar-refractivity contribution in [1.82, 2.24) is 5.32 Å². The Hall–Kier alpha value is -1.68. The first kappa shape index (κ1) is 15.7. The summed E-state index contributed by atoms with van der Waals surface area (Å²) in [4.78, 5) is 24.4. The molecule has 1 aliphatic carbocycles. The summed E-state index contributed by atoms with van der Waals surface area (Å²) in [7, 11) is 0. The molecule has 21 heavy (non-hydrogen) atoms. The Bertz CT molecular complexity index is 514. The molecule has 1 saturated carbocycles. The van der Waals surface area contributed by atoms with E-state index in [-0.39, 0.29) is 17.7 Å². The van der Waals surface area contributed by atoms with Gasteiger partial charge in [0.25, 0.3) is 5.91 Å². The van der Waals surface area contributed by atoms with Gasteiger partial charge in [-0.15, -0.1) is 0 Å². The van der Waals surface area contributed by atoms with Crippen LogP contribution in [-0.2, 0) is 4.79 Å². The quantitative estimate of drug-likeness (QED) is 0.894. The lowest BCUT2D eigenvalue weighted by Gasteiger charge is -2.35. The monoisotopic (exact) mass is 288 g/mol. The van der Waals surface area contributed by atoms with Gasteiger partial charge < -0.3 is 11.1 Å². The normalized spacial score (nSPS) is 18.8. The van der Waals surface area contributed by atoms with Gasteiger partial charge in [-0.3, -0.25) is 9.59 Å². The van der Waals surface area contributed by atoms with Crippen molar-refractivity contribution in [2.45, 2.75) is 57.5 Å². The fourth-order valence-electron chi connectivity index (χ4n) is 2.95. The SMILES string of the molecule is CC(=O)C1(NC(=O)c2ccc(C(C)N)cc2)CCCCC1. The maximum atomic E-state index is 12.4. The van der Waals surface area contributed by atoms with Crippen LogP contribution in [0.5, 0.6) is 0 Å². The fourth-order valence-corrected chi connectivity index (χ4v) is 2.95. The number of rotatable bonds is 4. The third kappa shape index (κ3) is 3.50. The van der Waals surface area contributed by atoms with E-state index in [0.717, 1.165) is 37.7 Å². The van der Waals surface area contributed by atoms with E-state index in [4.69, 9.17) is 5.73 Å². The van der Waals surface area contributed by atoms with E-state index in [9.17, 15) is 9.59 Å². The van der Waals surface area contributed by atoms with Crippen LogP contribution in [0.25, 0.3) is 0 Å². The van der Waals surface area contributed by atoms with Crippen LogP contribution in [0.1, 0.15) is 67.9 Å². The lowest BCUT2D eigenvalue weighted by molar-refractivity contribution is -0.124. The molecule has 2 rings (SSSR count). The highest BCUT2D eigenvalue weighted by atomic mass is 16.2. The summed E-state index contributed by atoms with van der Waals surface area (Å²) < 4.78 is 0. The summed E-state index contributed by atoms with van der Waals surface area (Å²) in [6.07, 6.45) is 4.60. The Morgan fingerprint density at radius 1 is 1.14 bits per heavy atom. The molecule has 1 aromatic rings. The lowest BCUT2D eigenvalue weighted by Crippen LogP contribution is -2.54. The maximum absolute atomic E-state index is 12.4. The summed E-state index contributed by atoms with van der Waals surface area (Å²) in [6, 6.07) is 7.21. The molecule has 0 aromatic heterocycles. The number of benzene rings is 1. The van der Waals surface area contributed by atoms with Crippen LogP contribution in [-0.4, -0.2) is 17.2 Å². The average Bonchev–Trinajstić information content (AvgIpc) is 2.48. The minimum atomic E-state index is -0.671. The number of nitrogens with one attached hydrogen (secondary N) is 1. The number of Topliss-reactive ketones (excluding diaryl/α,β-unsaturated/α-hetero) is 1. The highest BCUT2D eigenvalue weighted by molar-refractivity contribution is 5.99. The second-order valence-corrected chi connectivity index (χ2v) is 6.06. The number of amides is 1. The zero-order valence-corrected chi connectivity index (χ0v) is 12.8. The van der Waals surface area contributed by atoms with Crippen molar-refractivity contribution in [1.29, 1.82) is 0 Å². The summed E-state index contributed by atoms with van der Waals surface area (Å²) in [5, 5.41) is 2.98. The molecule has 1 aliphatic rings. The average molecular weight is 288 g/mol. The number of carbonyl (C=O) groups is 2. The summed E-state index contributed by atoms with van der Waals surface area (Å²) in [6.45, 7) is 3.48. The van der Waals surface area contributed by atoms with Gasteiger partial charge in [-0.1, -0.05) is 31.4 Å². The highest BCUT2D eigenvalue weighted by Crippen LogP contribution is 2.29. The standard InChI is InChI=1S/C17H24N2O2/c1-12(18)14-6-8-15(9-7-14)16(21)19-17(13(2)20)10-4-3-5-11-17/h6-9,12H,3-5,10-11,18H2,1-2H3,(H,19,21). The van der Waals surface area contributed by atoms with E-state index in [1.165, 1.54) is 0 Å². The Morgan fingerprint density at radius 3 is 2.19 bits per heavy atom. The Morgan fingerprint density at radius 2 is 1.71 bits per heavy atom. The first-order valence-corrected chi connectivity index (χ1v) is 7.64. The summed E-state index contributed by atoms with van der Waals surface area (Å²) >= 11 is 0. The van der Waals surface area contributed by atoms with Gasteiger partial charge in [-0.25, -0.2) is 0 Å². The second kappa shape index (κ2) is 6.39. The van der Waals surface area contributed by atoms with E-state index < -0.39 is 5.54 Å². The molecule has 0 spiro atoms. The summed E-state index contributed by atoms with van der Waals surface area (Å²) in [5.74, 6) is -0.119. The molecule has 3 N–H and O–H groups in total. The number of carbonyl (C=O) groups excluding carboxylic acids is 2. The number of hydrogen-bond acceptors (Lipinski definition) is 3. The van der Waals surface area contributed by atoms with E-state index in [1.54, 1.807) is 19.1 Å². The predicted octanol–water partition coefficient (Wildman–Crippen LogP) is 2.73. The van der Waals surface area contributed by atoms with Crippen molar-refractivity contribution in [2.24, 2.45) is 5.73 Å². The van der Waals surface area contributed by atoms with E-state index in [2.05, 4.69) is 5.32 Å². The molecule has 114 valence electrons. The minimum Gasteiger partial charge on any atom is -0.340 e. The third-order valence-electron chi connectivity index (χ3n) is 4.43. The smallest absolute Gasteiger partial charge is 0.252 e. The Balaban J connectivity index is 2.13. The molecule has 4 heteroatoms. The number of ketones is 1. The van der Waals surface area contributed by atoms with Gasteiger partial charge in [-0.05, 0) is 44.4 Å². The lowest BCUT2D eigenvalue weighted by atomic mass is 9.78. The van der Waals surface area contributed by atoms with E-state index in [1.807, 2.05) is 19.1 Å². The van der Waals surface area contributed by atoms with Crippen LogP contribution in [0.2, 0.25) is 0 Å². The Kier molecular flexibility index (Phi) is 4.78. The van der Waals surface area contributed by atoms with Crippen molar-refractivity contribution in [3.05, 3.63) is 35.4 Å².